The minimum absolute atomic E-state index is 0. The standard InChI is InChI=1S/C28H46N4O.ClH/c1-5-6-13-29-14-16-32(17-15-29)27-8-7-25(31-20-18-30(19-21-31)23(2)33)22-26(27)24-9-11-28(3,4)12-10-24;/h7-8,22,24H,5-6,9-21H2,1-4H3;1H. The molecule has 1 aliphatic carbocycles. The van der Waals surface area contributed by atoms with Crippen LogP contribution in [0.15, 0.2) is 18.2 Å². The molecule has 2 aliphatic heterocycles. The third-order valence-corrected chi connectivity index (χ3v) is 8.42. The lowest BCUT2D eigenvalue weighted by molar-refractivity contribution is -0.129. The Kier molecular flexibility index (Phi) is 9.57. The van der Waals surface area contributed by atoms with E-state index in [9.17, 15) is 4.79 Å². The van der Waals surface area contributed by atoms with Crippen LogP contribution >= 0.6 is 12.4 Å². The Morgan fingerprint density at radius 1 is 0.941 bits per heavy atom. The number of nitrogens with zero attached hydrogens (tertiary/aromatic N) is 4. The smallest absolute Gasteiger partial charge is 0.219 e. The lowest BCUT2D eigenvalue weighted by atomic mass is 9.71. The van der Waals surface area contributed by atoms with Crippen molar-refractivity contribution in [3.63, 3.8) is 0 Å². The minimum Gasteiger partial charge on any atom is -0.369 e. The predicted octanol–water partition coefficient (Wildman–Crippen LogP) is 5.38. The van der Waals surface area contributed by atoms with Gasteiger partial charge in [0.25, 0.3) is 0 Å². The largest absolute Gasteiger partial charge is 0.369 e. The van der Waals surface area contributed by atoms with E-state index in [2.05, 4.69) is 53.7 Å². The van der Waals surface area contributed by atoms with Crippen molar-refractivity contribution in [3.8, 4) is 0 Å². The van der Waals surface area contributed by atoms with Crippen molar-refractivity contribution in [2.75, 3.05) is 68.7 Å². The van der Waals surface area contributed by atoms with Gasteiger partial charge in [0.1, 0.15) is 0 Å². The van der Waals surface area contributed by atoms with Crippen LogP contribution in [0.5, 0.6) is 0 Å². The van der Waals surface area contributed by atoms with Crippen molar-refractivity contribution >= 4 is 29.7 Å². The molecule has 3 fully saturated rings. The molecule has 0 unspecified atom stereocenters. The molecular weight excluding hydrogens is 444 g/mol. The first-order valence-electron chi connectivity index (χ1n) is 13.5. The summed E-state index contributed by atoms with van der Waals surface area (Å²) in [5.74, 6) is 0.873. The van der Waals surface area contributed by atoms with Crippen molar-refractivity contribution < 1.29 is 4.79 Å². The van der Waals surface area contributed by atoms with Crippen LogP contribution in [-0.4, -0.2) is 74.6 Å². The van der Waals surface area contributed by atoms with Crippen molar-refractivity contribution in [3.05, 3.63) is 23.8 Å². The van der Waals surface area contributed by atoms with E-state index in [1.165, 1.54) is 69.5 Å². The molecule has 0 atom stereocenters. The summed E-state index contributed by atoms with van der Waals surface area (Å²) in [6.45, 7) is 18.3. The molecule has 0 radical (unpaired) electrons. The number of hydrogen-bond acceptors (Lipinski definition) is 4. The number of rotatable bonds is 6. The summed E-state index contributed by atoms with van der Waals surface area (Å²) in [5, 5.41) is 0. The molecule has 1 saturated carbocycles. The van der Waals surface area contributed by atoms with Gasteiger partial charge in [0.15, 0.2) is 0 Å². The molecule has 34 heavy (non-hydrogen) atoms. The van der Waals surface area contributed by atoms with Gasteiger partial charge >= 0.3 is 0 Å². The van der Waals surface area contributed by atoms with Crippen molar-refractivity contribution in [2.45, 2.75) is 72.1 Å². The number of benzene rings is 1. The molecule has 3 aliphatic rings. The SMILES string of the molecule is CCCCN1CCN(c2ccc(N3CCN(C(C)=O)CC3)cc2C2CCC(C)(C)CC2)CC1.Cl. The van der Waals surface area contributed by atoms with Crippen molar-refractivity contribution in [1.82, 2.24) is 9.80 Å². The molecule has 1 aromatic carbocycles. The van der Waals surface area contributed by atoms with Gasteiger partial charge in [-0.1, -0.05) is 27.2 Å². The predicted molar refractivity (Wildman–Crippen MR) is 147 cm³/mol. The topological polar surface area (TPSA) is 30.0 Å². The lowest BCUT2D eigenvalue weighted by Crippen LogP contribution is -2.48. The number of halogens is 1. The summed E-state index contributed by atoms with van der Waals surface area (Å²) in [6, 6.07) is 7.28. The summed E-state index contributed by atoms with van der Waals surface area (Å²) < 4.78 is 0. The normalized spacial score (nSPS) is 21.9. The number of carbonyl (C=O) groups excluding carboxylic acids is 1. The van der Waals surface area contributed by atoms with Crippen molar-refractivity contribution in [2.24, 2.45) is 5.41 Å². The van der Waals surface area contributed by atoms with Crippen LogP contribution in [0.3, 0.4) is 0 Å². The monoisotopic (exact) mass is 490 g/mol. The molecule has 2 heterocycles. The summed E-state index contributed by atoms with van der Waals surface area (Å²) in [6.07, 6.45) is 7.85. The van der Waals surface area contributed by atoms with Gasteiger partial charge < -0.3 is 14.7 Å². The highest BCUT2D eigenvalue weighted by atomic mass is 35.5. The molecule has 4 rings (SSSR count). The molecule has 5 nitrogen and oxygen atoms in total. The summed E-state index contributed by atoms with van der Waals surface area (Å²) in [4.78, 5) is 21.5. The summed E-state index contributed by atoms with van der Waals surface area (Å²) >= 11 is 0. The highest BCUT2D eigenvalue weighted by Gasteiger charge is 2.31. The van der Waals surface area contributed by atoms with E-state index in [-0.39, 0.29) is 18.3 Å². The van der Waals surface area contributed by atoms with Crippen LogP contribution in [0, 0.1) is 5.41 Å². The second-order valence-corrected chi connectivity index (χ2v) is 11.4. The maximum Gasteiger partial charge on any atom is 0.219 e. The van der Waals surface area contributed by atoms with Gasteiger partial charge in [-0.2, -0.15) is 0 Å². The van der Waals surface area contributed by atoms with Gasteiger partial charge in [0.2, 0.25) is 5.91 Å². The molecule has 6 heteroatoms. The molecule has 1 aromatic rings. The van der Waals surface area contributed by atoms with Gasteiger partial charge in [0, 0.05) is 70.7 Å². The van der Waals surface area contributed by atoms with Gasteiger partial charge in [-0.25, -0.2) is 0 Å². The quantitative estimate of drug-likeness (QED) is 0.535. The Morgan fingerprint density at radius 2 is 1.56 bits per heavy atom. The number of carbonyl (C=O) groups is 1. The molecule has 2 saturated heterocycles. The molecule has 192 valence electrons. The maximum atomic E-state index is 11.8. The van der Waals surface area contributed by atoms with E-state index in [1.54, 1.807) is 12.5 Å². The van der Waals surface area contributed by atoms with Crippen LogP contribution in [0.2, 0.25) is 0 Å². The van der Waals surface area contributed by atoms with E-state index in [4.69, 9.17) is 0 Å². The summed E-state index contributed by atoms with van der Waals surface area (Å²) in [5.41, 5.74) is 4.91. The molecule has 0 bridgehead atoms. The maximum absolute atomic E-state index is 11.8. The average Bonchev–Trinajstić information content (AvgIpc) is 2.83. The van der Waals surface area contributed by atoms with E-state index in [0.717, 1.165) is 39.3 Å². The van der Waals surface area contributed by atoms with E-state index < -0.39 is 0 Å². The number of amides is 1. The zero-order chi connectivity index (χ0) is 23.4. The fourth-order valence-electron chi connectivity index (χ4n) is 5.94. The van der Waals surface area contributed by atoms with Gasteiger partial charge in [0.05, 0.1) is 0 Å². The first-order valence-corrected chi connectivity index (χ1v) is 13.5. The van der Waals surface area contributed by atoms with E-state index >= 15 is 0 Å². The Labute approximate surface area is 214 Å². The first kappa shape index (κ1) is 27.1. The average molecular weight is 491 g/mol. The Morgan fingerprint density at radius 3 is 2.15 bits per heavy atom. The highest BCUT2D eigenvalue weighted by molar-refractivity contribution is 5.85. The minimum atomic E-state index is 0. The third-order valence-electron chi connectivity index (χ3n) is 8.42. The van der Waals surface area contributed by atoms with Gasteiger partial charge in [-0.15, -0.1) is 12.4 Å². The third kappa shape index (κ3) is 6.60. The molecule has 0 aromatic heterocycles. The second kappa shape index (κ2) is 12.0. The van der Waals surface area contributed by atoms with Crippen LogP contribution in [0.4, 0.5) is 11.4 Å². The van der Waals surface area contributed by atoms with Crippen LogP contribution in [0.25, 0.3) is 0 Å². The van der Waals surface area contributed by atoms with Crippen molar-refractivity contribution in [1.29, 1.82) is 0 Å². The number of anilines is 2. The van der Waals surface area contributed by atoms with Crippen LogP contribution in [-0.2, 0) is 4.79 Å². The fourth-order valence-corrected chi connectivity index (χ4v) is 5.94. The van der Waals surface area contributed by atoms with E-state index in [1.807, 2.05) is 4.90 Å². The molecule has 1 amide bonds. The molecule has 0 N–H and O–H groups in total. The number of piperazine rings is 2. The Hall–Kier alpha value is -1.46. The van der Waals surface area contributed by atoms with Gasteiger partial charge in [-0.05, 0) is 73.7 Å². The number of hydrogen-bond donors (Lipinski definition) is 0. The Bertz CT molecular complexity index is 788. The Balaban J connectivity index is 0.00000324. The van der Waals surface area contributed by atoms with Crippen LogP contribution < -0.4 is 9.80 Å². The summed E-state index contributed by atoms with van der Waals surface area (Å²) in [7, 11) is 0. The van der Waals surface area contributed by atoms with Gasteiger partial charge in [-0.3, -0.25) is 9.69 Å². The first-order chi connectivity index (χ1) is 15.9. The fraction of sp³-hybridized carbons (Fsp3) is 0.750. The zero-order valence-electron chi connectivity index (χ0n) is 22.0. The second-order valence-electron chi connectivity index (χ2n) is 11.4. The zero-order valence-corrected chi connectivity index (χ0v) is 22.8. The number of unbranched alkanes of at least 4 members (excludes halogenated alkanes) is 1. The molecule has 0 spiro atoms. The highest BCUT2D eigenvalue weighted by Crippen LogP contribution is 2.45. The van der Waals surface area contributed by atoms with Crippen LogP contribution in [0.1, 0.15) is 77.7 Å². The lowest BCUT2D eigenvalue weighted by Gasteiger charge is -2.41. The molecular formula is C28H47ClN4O. The van der Waals surface area contributed by atoms with E-state index in [0.29, 0.717) is 11.3 Å².